The molecule has 0 aliphatic carbocycles. The van der Waals surface area contributed by atoms with Crippen molar-refractivity contribution in [1.29, 1.82) is 0 Å². The summed E-state index contributed by atoms with van der Waals surface area (Å²) >= 11 is 0. The molecule has 152 valence electrons. The summed E-state index contributed by atoms with van der Waals surface area (Å²) in [6.07, 6.45) is 2.42. The van der Waals surface area contributed by atoms with E-state index in [1.807, 2.05) is 13.0 Å². The predicted octanol–water partition coefficient (Wildman–Crippen LogP) is 3.07. The molecule has 1 fully saturated rings. The monoisotopic (exact) mass is 413 g/mol. The lowest BCUT2D eigenvalue weighted by atomic mass is 10.1. The molecule has 8 heteroatoms. The number of nitrogens with zero attached hydrogens (tertiary/aromatic N) is 3. The lowest BCUT2D eigenvalue weighted by Crippen LogP contribution is -2.42. The Morgan fingerprint density at radius 3 is 2.38 bits per heavy atom. The van der Waals surface area contributed by atoms with Crippen molar-refractivity contribution in [1.82, 2.24) is 14.7 Å². The lowest BCUT2D eigenvalue weighted by molar-refractivity contribution is 0.0719. The molecule has 0 unspecified atom stereocenters. The molecule has 2 aromatic heterocycles. The number of carbonyl (C=O) groups is 1. The first-order chi connectivity index (χ1) is 13.9. The van der Waals surface area contributed by atoms with Crippen LogP contribution in [-0.2, 0) is 16.9 Å². The van der Waals surface area contributed by atoms with Gasteiger partial charge in [0.1, 0.15) is 5.76 Å². The molecule has 0 atom stereocenters. The standard InChI is InChI=1S/C21H23N3O4S/c1-15-14-19(22-23(15)2)21(25)24-11-9-18(10-12-24)29(26,27)17-7-5-16(6-8-17)20-4-3-13-28-20/h3-8,13-14,18H,9-12H2,1-2H3. The molecule has 1 aromatic carbocycles. The molecule has 0 bridgehead atoms. The zero-order chi connectivity index (χ0) is 20.6. The van der Waals surface area contributed by atoms with Crippen molar-refractivity contribution in [2.45, 2.75) is 29.9 Å². The molecule has 1 aliphatic heterocycles. The summed E-state index contributed by atoms with van der Waals surface area (Å²) < 4.78 is 33.1. The van der Waals surface area contributed by atoms with E-state index in [9.17, 15) is 13.2 Å². The molecule has 1 aliphatic rings. The quantitative estimate of drug-likeness (QED) is 0.656. The highest BCUT2D eigenvalue weighted by Gasteiger charge is 2.33. The number of likely N-dealkylation sites (tertiary alicyclic amines) is 1. The van der Waals surface area contributed by atoms with Crippen LogP contribution >= 0.6 is 0 Å². The number of aromatic nitrogens is 2. The number of sulfone groups is 1. The van der Waals surface area contributed by atoms with Crippen LogP contribution in [0.4, 0.5) is 0 Å². The summed E-state index contributed by atoms with van der Waals surface area (Å²) in [5.74, 6) is 0.554. The van der Waals surface area contributed by atoms with Gasteiger partial charge in [-0.05, 0) is 62.2 Å². The molecule has 3 aromatic rings. The zero-order valence-electron chi connectivity index (χ0n) is 16.4. The molecule has 29 heavy (non-hydrogen) atoms. The smallest absolute Gasteiger partial charge is 0.274 e. The van der Waals surface area contributed by atoms with E-state index in [1.165, 1.54) is 0 Å². The molecule has 0 spiro atoms. The molecule has 0 saturated carbocycles. The van der Waals surface area contributed by atoms with Crippen LogP contribution in [0.15, 0.2) is 58.0 Å². The van der Waals surface area contributed by atoms with Crippen LogP contribution < -0.4 is 0 Å². The molecule has 1 amide bonds. The predicted molar refractivity (Wildman–Crippen MR) is 108 cm³/mol. The van der Waals surface area contributed by atoms with Gasteiger partial charge in [0.05, 0.1) is 16.4 Å². The van der Waals surface area contributed by atoms with Crippen LogP contribution in [0.3, 0.4) is 0 Å². The van der Waals surface area contributed by atoms with Crippen LogP contribution in [0, 0.1) is 6.92 Å². The fraction of sp³-hybridized carbons (Fsp3) is 0.333. The normalized spacial score (nSPS) is 15.6. The van der Waals surface area contributed by atoms with E-state index < -0.39 is 15.1 Å². The molecular weight excluding hydrogens is 390 g/mol. The van der Waals surface area contributed by atoms with Crippen molar-refractivity contribution in [2.75, 3.05) is 13.1 Å². The van der Waals surface area contributed by atoms with E-state index in [4.69, 9.17) is 4.42 Å². The van der Waals surface area contributed by atoms with Crippen molar-refractivity contribution >= 4 is 15.7 Å². The van der Waals surface area contributed by atoms with E-state index in [2.05, 4.69) is 5.10 Å². The van der Waals surface area contributed by atoms with Gasteiger partial charge in [0.15, 0.2) is 15.5 Å². The van der Waals surface area contributed by atoms with E-state index in [-0.39, 0.29) is 5.91 Å². The van der Waals surface area contributed by atoms with Crippen LogP contribution in [-0.4, -0.2) is 47.3 Å². The number of hydrogen-bond donors (Lipinski definition) is 0. The number of aryl methyl sites for hydroxylation is 2. The molecule has 4 rings (SSSR count). The maximum Gasteiger partial charge on any atom is 0.274 e. The van der Waals surface area contributed by atoms with Gasteiger partial charge in [0.2, 0.25) is 0 Å². The summed E-state index contributed by atoms with van der Waals surface area (Å²) in [6.45, 7) is 2.70. The molecule has 1 saturated heterocycles. The van der Waals surface area contributed by atoms with Gasteiger partial charge in [-0.15, -0.1) is 0 Å². The number of benzene rings is 1. The first kappa shape index (κ1) is 19.4. The Morgan fingerprint density at radius 2 is 1.83 bits per heavy atom. The minimum absolute atomic E-state index is 0.146. The highest BCUT2D eigenvalue weighted by molar-refractivity contribution is 7.92. The zero-order valence-corrected chi connectivity index (χ0v) is 17.2. The van der Waals surface area contributed by atoms with Crippen molar-refractivity contribution in [3.63, 3.8) is 0 Å². The fourth-order valence-corrected chi connectivity index (χ4v) is 5.37. The number of furan rings is 1. The summed E-state index contributed by atoms with van der Waals surface area (Å²) in [5.41, 5.74) is 2.14. The first-order valence-corrected chi connectivity index (χ1v) is 11.1. The van der Waals surface area contributed by atoms with Gasteiger partial charge < -0.3 is 9.32 Å². The first-order valence-electron chi connectivity index (χ1n) is 9.54. The summed E-state index contributed by atoms with van der Waals surface area (Å²) in [4.78, 5) is 14.6. The maximum absolute atomic E-state index is 13.0. The highest BCUT2D eigenvalue weighted by Crippen LogP contribution is 2.27. The van der Waals surface area contributed by atoms with E-state index in [0.29, 0.717) is 42.3 Å². The van der Waals surface area contributed by atoms with Crippen molar-refractivity contribution in [3.8, 4) is 11.3 Å². The third kappa shape index (κ3) is 3.72. The average molecular weight is 413 g/mol. The highest BCUT2D eigenvalue weighted by atomic mass is 32.2. The second-order valence-corrected chi connectivity index (χ2v) is 9.56. The minimum atomic E-state index is -3.45. The van der Waals surface area contributed by atoms with Crippen LogP contribution in [0.1, 0.15) is 29.0 Å². The van der Waals surface area contributed by atoms with E-state index >= 15 is 0 Å². The minimum Gasteiger partial charge on any atom is -0.464 e. The maximum atomic E-state index is 13.0. The van der Waals surface area contributed by atoms with Gasteiger partial charge in [0.25, 0.3) is 5.91 Å². The Bertz CT molecular complexity index is 1090. The van der Waals surface area contributed by atoms with E-state index in [0.717, 1.165) is 11.3 Å². The van der Waals surface area contributed by atoms with Crippen molar-refractivity contribution in [3.05, 3.63) is 60.1 Å². The number of hydrogen-bond acceptors (Lipinski definition) is 5. The van der Waals surface area contributed by atoms with Gasteiger partial charge in [-0.1, -0.05) is 0 Å². The summed E-state index contributed by atoms with van der Waals surface area (Å²) in [7, 11) is -1.66. The van der Waals surface area contributed by atoms with Gasteiger partial charge in [-0.2, -0.15) is 5.10 Å². The molecule has 3 heterocycles. The second-order valence-electron chi connectivity index (χ2n) is 7.33. The Morgan fingerprint density at radius 1 is 1.14 bits per heavy atom. The van der Waals surface area contributed by atoms with Crippen LogP contribution in [0.5, 0.6) is 0 Å². The van der Waals surface area contributed by atoms with Gasteiger partial charge >= 0.3 is 0 Å². The van der Waals surface area contributed by atoms with Crippen LogP contribution in [0.2, 0.25) is 0 Å². The van der Waals surface area contributed by atoms with Crippen LogP contribution in [0.25, 0.3) is 11.3 Å². The SMILES string of the molecule is Cc1cc(C(=O)N2CCC(S(=O)(=O)c3ccc(-c4ccco4)cc3)CC2)nn1C. The van der Waals surface area contributed by atoms with E-state index in [1.54, 1.807) is 59.3 Å². The fourth-order valence-electron chi connectivity index (χ4n) is 3.64. The molecule has 7 nitrogen and oxygen atoms in total. The Labute approximate surface area is 169 Å². The van der Waals surface area contributed by atoms with Gasteiger partial charge in [-0.25, -0.2) is 8.42 Å². The summed E-state index contributed by atoms with van der Waals surface area (Å²) in [6, 6.07) is 12.1. The lowest BCUT2D eigenvalue weighted by Gasteiger charge is -2.31. The van der Waals surface area contributed by atoms with Crippen molar-refractivity contribution in [2.24, 2.45) is 7.05 Å². The molecular formula is C21H23N3O4S. The molecule has 0 N–H and O–H groups in total. The third-order valence-corrected chi connectivity index (χ3v) is 7.77. The summed E-state index contributed by atoms with van der Waals surface area (Å²) in [5, 5.41) is 3.74. The largest absolute Gasteiger partial charge is 0.464 e. The molecule has 0 radical (unpaired) electrons. The number of amides is 1. The topological polar surface area (TPSA) is 85.4 Å². The van der Waals surface area contributed by atoms with Gasteiger partial charge in [-0.3, -0.25) is 9.48 Å². The average Bonchev–Trinajstić information content (AvgIpc) is 3.38. The Kier molecular flexibility index (Phi) is 5.04. The van der Waals surface area contributed by atoms with Gasteiger partial charge in [0, 0.05) is 31.4 Å². The number of rotatable bonds is 4. The van der Waals surface area contributed by atoms with Crippen molar-refractivity contribution < 1.29 is 17.6 Å². The number of carbonyl (C=O) groups excluding carboxylic acids is 1. The second kappa shape index (κ2) is 7.51. The Hall–Kier alpha value is -2.87. The number of piperidine rings is 1. The third-order valence-electron chi connectivity index (χ3n) is 5.49. The Balaban J connectivity index is 1.44.